The Morgan fingerprint density at radius 2 is 2.57 bits per heavy atom. The van der Waals surface area contributed by atoms with Crippen LogP contribution in [0.2, 0.25) is 0 Å². The van der Waals surface area contributed by atoms with Gasteiger partial charge in [-0.25, -0.2) is 0 Å². The molecule has 0 aromatic carbocycles. The molecule has 0 bridgehead atoms. The van der Waals surface area contributed by atoms with Crippen LogP contribution in [0.15, 0.2) is 4.52 Å². The highest BCUT2D eigenvalue weighted by Crippen LogP contribution is 1.95. The fourth-order valence-corrected chi connectivity index (χ4v) is 0.580. The summed E-state index contributed by atoms with van der Waals surface area (Å²) < 4.78 is 3.10. The molecule has 0 saturated carbocycles. The lowest BCUT2D eigenvalue weighted by molar-refractivity contribution is 0.871. The maximum absolute atomic E-state index is 6.34. The summed E-state index contributed by atoms with van der Waals surface area (Å²) in [6.07, 6.45) is 0. The minimum atomic E-state index is 0.889. The van der Waals surface area contributed by atoms with Gasteiger partial charge in [0.1, 0.15) is 0 Å². The minimum absolute atomic E-state index is 0.889. The lowest BCUT2D eigenvalue weighted by Crippen LogP contribution is -2.08. The summed E-state index contributed by atoms with van der Waals surface area (Å²) in [5.74, 6) is 0.889. The Bertz CT molecular complexity index is 47.4. The Kier molecular flexibility index (Phi) is 5.83. The van der Waals surface area contributed by atoms with Gasteiger partial charge in [-0.3, -0.25) is 0 Å². The molecular weight excluding hydrogens is 110 g/mol. The monoisotopic (exact) mass is 119 g/mol. The van der Waals surface area contributed by atoms with Gasteiger partial charge in [-0.2, -0.15) is 5.53 Å². The SMILES string of the molecule is CNCCSN=N. The number of nitrogens with zero attached hydrogens (tertiary/aromatic N) is 1. The van der Waals surface area contributed by atoms with E-state index in [0.29, 0.717) is 0 Å². The van der Waals surface area contributed by atoms with Crippen molar-refractivity contribution in [3.05, 3.63) is 0 Å². The highest BCUT2D eigenvalue weighted by molar-refractivity contribution is 7.97. The largest absolute Gasteiger partial charge is 0.319 e. The molecule has 0 aliphatic heterocycles. The predicted molar refractivity (Wildman–Crippen MR) is 31.5 cm³/mol. The van der Waals surface area contributed by atoms with Gasteiger partial charge in [0.05, 0.1) is 0 Å². The van der Waals surface area contributed by atoms with E-state index in [4.69, 9.17) is 5.53 Å². The van der Waals surface area contributed by atoms with E-state index in [1.54, 1.807) is 0 Å². The van der Waals surface area contributed by atoms with Crippen molar-refractivity contribution in [3.8, 4) is 0 Å². The quantitative estimate of drug-likeness (QED) is 0.328. The first-order valence-electron chi connectivity index (χ1n) is 2.05. The molecule has 0 amide bonds. The van der Waals surface area contributed by atoms with Crippen LogP contribution in [0.25, 0.3) is 0 Å². The summed E-state index contributed by atoms with van der Waals surface area (Å²) in [7, 11) is 1.88. The molecule has 0 heterocycles. The summed E-state index contributed by atoms with van der Waals surface area (Å²) in [6, 6.07) is 0. The van der Waals surface area contributed by atoms with E-state index < -0.39 is 0 Å². The molecule has 0 spiro atoms. The van der Waals surface area contributed by atoms with Gasteiger partial charge in [-0.1, -0.05) is 0 Å². The highest BCUT2D eigenvalue weighted by Gasteiger charge is 1.78. The van der Waals surface area contributed by atoms with Crippen LogP contribution in [-0.2, 0) is 0 Å². The van der Waals surface area contributed by atoms with Crippen LogP contribution in [0.1, 0.15) is 0 Å². The molecule has 0 atom stereocenters. The van der Waals surface area contributed by atoms with Crippen LogP contribution in [0.3, 0.4) is 0 Å². The maximum Gasteiger partial charge on any atom is 0.0296 e. The number of hydrogen-bond acceptors (Lipinski definition) is 4. The lowest BCUT2D eigenvalue weighted by Gasteiger charge is -1.89. The normalized spacial score (nSPS) is 8.71. The highest BCUT2D eigenvalue weighted by atomic mass is 32.2. The first kappa shape index (κ1) is 6.91. The van der Waals surface area contributed by atoms with Gasteiger partial charge < -0.3 is 5.32 Å². The van der Waals surface area contributed by atoms with Crippen molar-refractivity contribution < 1.29 is 0 Å². The van der Waals surface area contributed by atoms with E-state index in [1.807, 2.05) is 7.05 Å². The average Bonchev–Trinajstić information content (AvgIpc) is 1.69. The second-order valence-corrected chi connectivity index (χ2v) is 1.88. The van der Waals surface area contributed by atoms with Crippen LogP contribution in [0.4, 0.5) is 0 Å². The van der Waals surface area contributed by atoms with E-state index in [-0.39, 0.29) is 0 Å². The van der Waals surface area contributed by atoms with E-state index in [1.165, 1.54) is 11.9 Å². The third kappa shape index (κ3) is 5.91. The van der Waals surface area contributed by atoms with Gasteiger partial charge in [0.2, 0.25) is 0 Å². The fourth-order valence-electron chi connectivity index (χ4n) is 0.193. The average molecular weight is 119 g/mol. The first-order chi connectivity index (χ1) is 3.41. The number of hydrogen-bond donors (Lipinski definition) is 2. The second kappa shape index (κ2) is 5.91. The molecule has 0 aromatic heterocycles. The zero-order valence-corrected chi connectivity index (χ0v) is 5.09. The standard InChI is InChI=1S/C3H9N3S/c1-5-2-3-7-6-4/h4-5H,2-3H2,1H3. The maximum atomic E-state index is 6.34. The van der Waals surface area contributed by atoms with Gasteiger partial charge in [0.25, 0.3) is 0 Å². The summed E-state index contributed by atoms with van der Waals surface area (Å²) in [5.41, 5.74) is 6.34. The van der Waals surface area contributed by atoms with Crippen LogP contribution >= 0.6 is 11.9 Å². The molecule has 0 radical (unpaired) electrons. The minimum Gasteiger partial charge on any atom is -0.319 e. The topological polar surface area (TPSA) is 48.2 Å². The lowest BCUT2D eigenvalue weighted by atomic mass is 10.8. The summed E-state index contributed by atoms with van der Waals surface area (Å²) in [5, 5.41) is 2.94. The van der Waals surface area contributed by atoms with Crippen LogP contribution < -0.4 is 5.32 Å². The third-order valence-electron chi connectivity index (χ3n) is 0.508. The summed E-state index contributed by atoms with van der Waals surface area (Å²) in [4.78, 5) is 0. The Morgan fingerprint density at radius 1 is 1.86 bits per heavy atom. The Labute approximate surface area is 47.5 Å². The van der Waals surface area contributed by atoms with Gasteiger partial charge in [-0.05, 0) is 19.0 Å². The molecule has 3 nitrogen and oxygen atoms in total. The zero-order chi connectivity index (χ0) is 5.54. The van der Waals surface area contributed by atoms with Crippen molar-refractivity contribution in [2.45, 2.75) is 0 Å². The van der Waals surface area contributed by atoms with Crippen molar-refractivity contribution in [3.63, 3.8) is 0 Å². The summed E-state index contributed by atoms with van der Waals surface area (Å²) >= 11 is 1.26. The molecule has 7 heavy (non-hydrogen) atoms. The Morgan fingerprint density at radius 3 is 3.00 bits per heavy atom. The van der Waals surface area contributed by atoms with Crippen molar-refractivity contribution in [1.29, 1.82) is 5.53 Å². The molecule has 0 aromatic rings. The van der Waals surface area contributed by atoms with Crippen molar-refractivity contribution in [1.82, 2.24) is 5.32 Å². The Balaban J connectivity index is 2.56. The predicted octanol–water partition coefficient (Wildman–Crippen LogP) is 0.885. The molecule has 42 valence electrons. The molecule has 0 aliphatic rings. The van der Waals surface area contributed by atoms with Crippen LogP contribution in [-0.4, -0.2) is 19.3 Å². The Hall–Kier alpha value is -0.0900. The molecule has 0 fully saturated rings. The molecule has 4 heteroatoms. The van der Waals surface area contributed by atoms with Crippen LogP contribution in [0.5, 0.6) is 0 Å². The molecular formula is C3H9N3S. The second-order valence-electron chi connectivity index (χ2n) is 1.03. The van der Waals surface area contributed by atoms with Gasteiger partial charge >= 0.3 is 0 Å². The summed E-state index contributed by atoms with van der Waals surface area (Å²) in [6.45, 7) is 0.924. The third-order valence-corrected chi connectivity index (χ3v) is 1.02. The first-order valence-corrected chi connectivity index (χ1v) is 2.99. The number of nitrogens with one attached hydrogen (secondary N) is 2. The number of rotatable bonds is 4. The van der Waals surface area contributed by atoms with E-state index in [0.717, 1.165) is 12.3 Å². The van der Waals surface area contributed by atoms with E-state index in [9.17, 15) is 0 Å². The molecule has 0 aliphatic carbocycles. The van der Waals surface area contributed by atoms with Crippen molar-refractivity contribution in [2.24, 2.45) is 4.52 Å². The fraction of sp³-hybridized carbons (Fsp3) is 1.00. The van der Waals surface area contributed by atoms with Crippen LogP contribution in [0, 0.1) is 5.53 Å². The molecule has 0 unspecified atom stereocenters. The van der Waals surface area contributed by atoms with Gasteiger partial charge in [0.15, 0.2) is 0 Å². The van der Waals surface area contributed by atoms with E-state index in [2.05, 4.69) is 9.84 Å². The van der Waals surface area contributed by atoms with Gasteiger partial charge in [0, 0.05) is 12.3 Å². The van der Waals surface area contributed by atoms with E-state index >= 15 is 0 Å². The molecule has 0 rings (SSSR count). The smallest absolute Gasteiger partial charge is 0.0296 e. The van der Waals surface area contributed by atoms with Gasteiger partial charge in [-0.15, -0.1) is 4.52 Å². The van der Waals surface area contributed by atoms with Crippen molar-refractivity contribution >= 4 is 11.9 Å². The molecule has 2 N–H and O–H groups in total. The zero-order valence-electron chi connectivity index (χ0n) is 4.27. The molecule has 0 saturated heterocycles. The van der Waals surface area contributed by atoms with Crippen molar-refractivity contribution in [2.75, 3.05) is 19.3 Å².